The van der Waals surface area contributed by atoms with E-state index in [9.17, 15) is 9.18 Å². The number of hydrogen-bond acceptors (Lipinski definition) is 2. The van der Waals surface area contributed by atoms with Gasteiger partial charge in [-0.3, -0.25) is 9.69 Å². The van der Waals surface area contributed by atoms with E-state index < -0.39 is 0 Å². The van der Waals surface area contributed by atoms with Gasteiger partial charge in [-0.05, 0) is 67.2 Å². The topological polar surface area (TPSA) is 32.3 Å². The maximum Gasteiger partial charge on any atom is 0.251 e. The Balaban J connectivity index is 1.52. The van der Waals surface area contributed by atoms with Crippen molar-refractivity contribution in [2.24, 2.45) is 5.92 Å². The van der Waals surface area contributed by atoms with Gasteiger partial charge in [-0.15, -0.1) is 0 Å². The second-order valence-electron chi connectivity index (χ2n) is 6.97. The summed E-state index contributed by atoms with van der Waals surface area (Å²) >= 11 is 0. The smallest absolute Gasteiger partial charge is 0.251 e. The SMILES string of the molecule is CC1CCN(Cc2ccc(C(=O)NCc3cccc(F)c3)cc2)CC1. The van der Waals surface area contributed by atoms with Crippen LogP contribution in [0.15, 0.2) is 48.5 Å². The van der Waals surface area contributed by atoms with Gasteiger partial charge >= 0.3 is 0 Å². The van der Waals surface area contributed by atoms with Gasteiger partial charge in [0.25, 0.3) is 5.91 Å². The number of piperidine rings is 1. The number of hydrogen-bond donors (Lipinski definition) is 1. The normalized spacial score (nSPS) is 15.9. The quantitative estimate of drug-likeness (QED) is 0.893. The zero-order valence-electron chi connectivity index (χ0n) is 14.7. The lowest BCUT2D eigenvalue weighted by Gasteiger charge is -2.30. The van der Waals surface area contributed by atoms with Gasteiger partial charge in [-0.25, -0.2) is 4.39 Å². The van der Waals surface area contributed by atoms with Gasteiger partial charge in [0.15, 0.2) is 0 Å². The van der Waals surface area contributed by atoms with Crippen LogP contribution in [0.4, 0.5) is 4.39 Å². The fourth-order valence-electron chi connectivity index (χ4n) is 3.17. The van der Waals surface area contributed by atoms with Crippen LogP contribution in [0.3, 0.4) is 0 Å². The summed E-state index contributed by atoms with van der Waals surface area (Å²) in [5.74, 6) is 0.409. The molecule has 1 N–H and O–H groups in total. The van der Waals surface area contributed by atoms with Crippen LogP contribution < -0.4 is 5.32 Å². The molecule has 3 rings (SSSR count). The zero-order valence-corrected chi connectivity index (χ0v) is 14.7. The molecule has 132 valence electrons. The third kappa shape index (κ3) is 5.13. The molecule has 1 heterocycles. The van der Waals surface area contributed by atoms with Gasteiger partial charge in [0, 0.05) is 18.7 Å². The standard InChI is InChI=1S/C21H25FN2O/c1-16-9-11-24(12-10-16)15-17-5-7-19(8-6-17)21(25)23-14-18-3-2-4-20(22)13-18/h2-8,13,16H,9-12,14-15H2,1H3,(H,23,25). The lowest BCUT2D eigenvalue weighted by Crippen LogP contribution is -2.32. The third-order valence-corrected chi connectivity index (χ3v) is 4.84. The van der Waals surface area contributed by atoms with Gasteiger partial charge < -0.3 is 5.32 Å². The Kier molecular flexibility index (Phi) is 5.82. The van der Waals surface area contributed by atoms with Crippen molar-refractivity contribution in [3.05, 3.63) is 71.0 Å². The fraction of sp³-hybridized carbons (Fsp3) is 0.381. The number of likely N-dealkylation sites (tertiary alicyclic amines) is 1. The van der Waals surface area contributed by atoms with Crippen molar-refractivity contribution in [2.75, 3.05) is 13.1 Å². The molecule has 1 amide bonds. The molecular weight excluding hydrogens is 315 g/mol. The molecule has 3 nitrogen and oxygen atoms in total. The summed E-state index contributed by atoms with van der Waals surface area (Å²) in [6.45, 7) is 5.88. The Hall–Kier alpha value is -2.20. The largest absolute Gasteiger partial charge is 0.348 e. The average Bonchev–Trinajstić information content (AvgIpc) is 2.62. The molecule has 1 aliphatic heterocycles. The average molecular weight is 340 g/mol. The van der Waals surface area contributed by atoms with Crippen molar-refractivity contribution in [2.45, 2.75) is 32.9 Å². The van der Waals surface area contributed by atoms with Crippen LogP contribution in [-0.4, -0.2) is 23.9 Å². The summed E-state index contributed by atoms with van der Waals surface area (Å²) in [7, 11) is 0. The number of carbonyl (C=O) groups is 1. The van der Waals surface area contributed by atoms with Crippen LogP contribution in [0.1, 0.15) is 41.3 Å². The van der Waals surface area contributed by atoms with E-state index in [1.165, 1.54) is 30.5 Å². The van der Waals surface area contributed by atoms with E-state index in [0.717, 1.165) is 31.1 Å². The summed E-state index contributed by atoms with van der Waals surface area (Å²) in [5, 5.41) is 2.83. The molecule has 0 spiro atoms. The molecule has 1 fully saturated rings. The maximum absolute atomic E-state index is 13.2. The monoisotopic (exact) mass is 340 g/mol. The van der Waals surface area contributed by atoms with Crippen molar-refractivity contribution >= 4 is 5.91 Å². The van der Waals surface area contributed by atoms with E-state index in [1.807, 2.05) is 24.3 Å². The van der Waals surface area contributed by atoms with Gasteiger partial charge in [0.1, 0.15) is 5.82 Å². The minimum Gasteiger partial charge on any atom is -0.348 e. The highest BCUT2D eigenvalue weighted by Crippen LogP contribution is 2.18. The summed E-state index contributed by atoms with van der Waals surface area (Å²) in [6, 6.07) is 14.0. The summed E-state index contributed by atoms with van der Waals surface area (Å²) in [6.07, 6.45) is 2.53. The van der Waals surface area contributed by atoms with E-state index in [2.05, 4.69) is 17.1 Å². The highest BCUT2D eigenvalue weighted by molar-refractivity contribution is 5.94. The first-order valence-corrected chi connectivity index (χ1v) is 8.94. The Labute approximate surface area is 148 Å². The number of halogens is 1. The van der Waals surface area contributed by atoms with Gasteiger partial charge in [-0.2, -0.15) is 0 Å². The molecule has 1 saturated heterocycles. The number of amides is 1. The summed E-state index contributed by atoms with van der Waals surface area (Å²) in [5.41, 5.74) is 2.62. The molecule has 0 atom stereocenters. The second kappa shape index (κ2) is 8.26. The Morgan fingerprint density at radius 2 is 1.84 bits per heavy atom. The zero-order chi connectivity index (χ0) is 17.6. The molecule has 2 aromatic rings. The molecule has 0 saturated carbocycles. The predicted molar refractivity (Wildman–Crippen MR) is 97.7 cm³/mol. The number of nitrogens with one attached hydrogen (secondary N) is 1. The van der Waals surface area contributed by atoms with Crippen molar-refractivity contribution in [3.8, 4) is 0 Å². The van der Waals surface area contributed by atoms with E-state index in [-0.39, 0.29) is 11.7 Å². The van der Waals surface area contributed by atoms with Crippen LogP contribution in [0.2, 0.25) is 0 Å². The predicted octanol–water partition coefficient (Wildman–Crippen LogP) is 3.99. The molecular formula is C21H25FN2O. The Bertz CT molecular complexity index is 706. The molecule has 0 bridgehead atoms. The van der Waals surface area contributed by atoms with Crippen LogP contribution in [-0.2, 0) is 13.1 Å². The summed E-state index contributed by atoms with van der Waals surface area (Å²) in [4.78, 5) is 14.7. The van der Waals surface area contributed by atoms with E-state index in [4.69, 9.17) is 0 Å². The van der Waals surface area contributed by atoms with E-state index in [1.54, 1.807) is 12.1 Å². The minimum atomic E-state index is -0.289. The van der Waals surface area contributed by atoms with Gasteiger partial charge in [-0.1, -0.05) is 31.2 Å². The first-order chi connectivity index (χ1) is 12.1. The highest BCUT2D eigenvalue weighted by atomic mass is 19.1. The molecule has 4 heteroatoms. The van der Waals surface area contributed by atoms with Crippen molar-refractivity contribution in [3.63, 3.8) is 0 Å². The molecule has 0 aliphatic carbocycles. The molecule has 1 aliphatic rings. The van der Waals surface area contributed by atoms with Crippen LogP contribution >= 0.6 is 0 Å². The molecule has 0 unspecified atom stereocenters. The fourth-order valence-corrected chi connectivity index (χ4v) is 3.17. The molecule has 0 radical (unpaired) electrons. The van der Waals surface area contributed by atoms with Crippen LogP contribution in [0.25, 0.3) is 0 Å². The lowest BCUT2D eigenvalue weighted by molar-refractivity contribution is 0.0951. The maximum atomic E-state index is 13.2. The van der Waals surface area contributed by atoms with E-state index >= 15 is 0 Å². The first kappa shape index (κ1) is 17.6. The highest BCUT2D eigenvalue weighted by Gasteiger charge is 2.15. The third-order valence-electron chi connectivity index (χ3n) is 4.84. The lowest BCUT2D eigenvalue weighted by atomic mass is 9.99. The molecule has 2 aromatic carbocycles. The Morgan fingerprint density at radius 3 is 2.52 bits per heavy atom. The van der Waals surface area contributed by atoms with Gasteiger partial charge in [0.05, 0.1) is 0 Å². The van der Waals surface area contributed by atoms with E-state index in [0.29, 0.717) is 12.1 Å². The minimum absolute atomic E-state index is 0.136. The van der Waals surface area contributed by atoms with Gasteiger partial charge in [0.2, 0.25) is 0 Å². The second-order valence-corrected chi connectivity index (χ2v) is 6.97. The number of benzene rings is 2. The summed E-state index contributed by atoms with van der Waals surface area (Å²) < 4.78 is 13.2. The number of rotatable bonds is 5. The molecule has 0 aromatic heterocycles. The van der Waals surface area contributed by atoms with Crippen LogP contribution in [0, 0.1) is 11.7 Å². The first-order valence-electron chi connectivity index (χ1n) is 8.94. The van der Waals surface area contributed by atoms with Crippen molar-refractivity contribution in [1.82, 2.24) is 10.2 Å². The molecule has 25 heavy (non-hydrogen) atoms. The Morgan fingerprint density at radius 1 is 1.12 bits per heavy atom. The van der Waals surface area contributed by atoms with Crippen molar-refractivity contribution in [1.29, 1.82) is 0 Å². The van der Waals surface area contributed by atoms with Crippen molar-refractivity contribution < 1.29 is 9.18 Å². The number of nitrogens with zero attached hydrogens (tertiary/aromatic N) is 1. The van der Waals surface area contributed by atoms with Crippen LogP contribution in [0.5, 0.6) is 0 Å². The number of carbonyl (C=O) groups excluding carboxylic acids is 1.